The van der Waals surface area contributed by atoms with Gasteiger partial charge >= 0.3 is 12.0 Å². The van der Waals surface area contributed by atoms with Gasteiger partial charge in [0, 0.05) is 5.02 Å². The normalized spacial score (nSPS) is 11.8. The van der Waals surface area contributed by atoms with Gasteiger partial charge in [-0.1, -0.05) is 23.7 Å². The molecule has 7 heteroatoms. The lowest BCUT2D eigenvalue weighted by Crippen LogP contribution is -2.11. The number of rotatable bonds is 5. The average Bonchev–Trinajstić information content (AvgIpc) is 2.46. The van der Waals surface area contributed by atoms with Crippen LogP contribution in [-0.4, -0.2) is 29.2 Å². The number of aromatic nitrogens is 3. The van der Waals surface area contributed by atoms with Crippen molar-refractivity contribution in [1.29, 1.82) is 0 Å². The Bertz CT molecular complexity index is 572. The quantitative estimate of drug-likeness (QED) is 0.914. The molecule has 1 aromatic carbocycles. The Balaban J connectivity index is 2.20. The lowest BCUT2D eigenvalue weighted by atomic mass is 10.1. The first-order chi connectivity index (χ1) is 9.62. The van der Waals surface area contributed by atoms with Gasteiger partial charge in [-0.25, -0.2) is 0 Å². The van der Waals surface area contributed by atoms with Gasteiger partial charge in [-0.15, -0.1) is 4.98 Å². The standard InChI is InChI=1S/C13H15ClN4O2/c1-8(9-5-4-6-10(14)7-9)15-11-16-12(19-2)18-13(17-11)20-3/h4-8H,1-3H3,(H,15,16,17,18). The predicted octanol–water partition coefficient (Wildman–Crippen LogP) is 2.72. The number of methoxy groups -OCH3 is 2. The summed E-state index contributed by atoms with van der Waals surface area (Å²) >= 11 is 5.98. The molecule has 0 aliphatic heterocycles. The third-order valence-corrected chi connectivity index (χ3v) is 2.89. The van der Waals surface area contributed by atoms with E-state index in [9.17, 15) is 0 Å². The summed E-state index contributed by atoms with van der Waals surface area (Å²) in [6, 6.07) is 7.94. The summed E-state index contributed by atoms with van der Waals surface area (Å²) in [6.07, 6.45) is 0. The first-order valence-electron chi connectivity index (χ1n) is 5.98. The molecule has 0 bridgehead atoms. The van der Waals surface area contributed by atoms with E-state index in [1.54, 1.807) is 0 Å². The van der Waals surface area contributed by atoms with E-state index in [-0.39, 0.29) is 18.1 Å². The van der Waals surface area contributed by atoms with Crippen LogP contribution in [0, 0.1) is 0 Å². The Morgan fingerprint density at radius 2 is 1.75 bits per heavy atom. The fourth-order valence-electron chi connectivity index (χ4n) is 1.64. The van der Waals surface area contributed by atoms with Gasteiger partial charge in [-0.3, -0.25) is 0 Å². The van der Waals surface area contributed by atoms with Gasteiger partial charge in [0.15, 0.2) is 0 Å². The lowest BCUT2D eigenvalue weighted by Gasteiger charge is -2.15. The zero-order valence-corrected chi connectivity index (χ0v) is 12.2. The Morgan fingerprint density at radius 1 is 1.10 bits per heavy atom. The van der Waals surface area contributed by atoms with E-state index in [2.05, 4.69) is 20.3 Å². The molecule has 0 saturated heterocycles. The number of nitrogens with one attached hydrogen (secondary N) is 1. The van der Waals surface area contributed by atoms with E-state index < -0.39 is 0 Å². The predicted molar refractivity (Wildman–Crippen MR) is 76.4 cm³/mol. The first-order valence-corrected chi connectivity index (χ1v) is 6.36. The second-order valence-electron chi connectivity index (χ2n) is 4.05. The Hall–Kier alpha value is -2.08. The van der Waals surface area contributed by atoms with Crippen LogP contribution in [0.2, 0.25) is 5.02 Å². The number of nitrogens with zero attached hydrogens (tertiary/aromatic N) is 3. The van der Waals surface area contributed by atoms with Crippen molar-refractivity contribution < 1.29 is 9.47 Å². The van der Waals surface area contributed by atoms with E-state index in [1.165, 1.54) is 14.2 Å². The second kappa shape index (κ2) is 6.38. The van der Waals surface area contributed by atoms with Gasteiger partial charge in [0.1, 0.15) is 0 Å². The SMILES string of the molecule is COc1nc(NC(C)c2cccc(Cl)c2)nc(OC)n1. The molecule has 1 aromatic heterocycles. The number of benzene rings is 1. The summed E-state index contributed by atoms with van der Waals surface area (Å²) < 4.78 is 10.0. The molecular formula is C13H15ClN4O2. The van der Waals surface area contributed by atoms with Gasteiger partial charge in [0.25, 0.3) is 0 Å². The van der Waals surface area contributed by atoms with Crippen LogP contribution in [0.4, 0.5) is 5.95 Å². The summed E-state index contributed by atoms with van der Waals surface area (Å²) in [5, 5.41) is 3.84. The van der Waals surface area contributed by atoms with Crippen molar-refractivity contribution in [3.05, 3.63) is 34.9 Å². The van der Waals surface area contributed by atoms with Crippen molar-refractivity contribution in [2.24, 2.45) is 0 Å². The van der Waals surface area contributed by atoms with Crippen molar-refractivity contribution in [2.45, 2.75) is 13.0 Å². The largest absolute Gasteiger partial charge is 0.467 e. The Morgan fingerprint density at radius 3 is 2.30 bits per heavy atom. The van der Waals surface area contributed by atoms with Crippen LogP contribution in [0.5, 0.6) is 12.0 Å². The van der Waals surface area contributed by atoms with Gasteiger partial charge in [-0.05, 0) is 24.6 Å². The highest BCUT2D eigenvalue weighted by Crippen LogP contribution is 2.21. The number of hydrogen-bond donors (Lipinski definition) is 1. The number of ether oxygens (including phenoxy) is 2. The first kappa shape index (κ1) is 14.3. The maximum Gasteiger partial charge on any atom is 0.324 e. The maximum atomic E-state index is 5.98. The average molecular weight is 295 g/mol. The van der Waals surface area contributed by atoms with E-state index in [4.69, 9.17) is 21.1 Å². The van der Waals surface area contributed by atoms with Crippen molar-refractivity contribution in [3.8, 4) is 12.0 Å². The van der Waals surface area contributed by atoms with Crippen LogP contribution >= 0.6 is 11.6 Å². The van der Waals surface area contributed by atoms with Crippen molar-refractivity contribution in [1.82, 2.24) is 15.0 Å². The molecule has 0 amide bonds. The van der Waals surface area contributed by atoms with Gasteiger partial charge < -0.3 is 14.8 Å². The molecule has 2 aromatic rings. The summed E-state index contributed by atoms with van der Waals surface area (Å²) in [4.78, 5) is 12.2. The highest BCUT2D eigenvalue weighted by atomic mass is 35.5. The minimum Gasteiger partial charge on any atom is -0.467 e. The summed E-state index contributed by atoms with van der Waals surface area (Å²) in [5.74, 6) is 0.376. The molecule has 2 rings (SSSR count). The molecule has 1 N–H and O–H groups in total. The van der Waals surface area contributed by atoms with E-state index >= 15 is 0 Å². The Labute approximate surface area is 122 Å². The van der Waals surface area contributed by atoms with Crippen molar-refractivity contribution in [2.75, 3.05) is 19.5 Å². The fraction of sp³-hybridized carbons (Fsp3) is 0.308. The molecule has 0 fully saturated rings. The van der Waals surface area contributed by atoms with E-state index in [1.807, 2.05) is 31.2 Å². The molecule has 0 radical (unpaired) electrons. The zero-order valence-electron chi connectivity index (χ0n) is 11.4. The molecule has 1 heterocycles. The molecule has 1 atom stereocenters. The van der Waals surface area contributed by atoms with Crippen LogP contribution in [0.3, 0.4) is 0 Å². The smallest absolute Gasteiger partial charge is 0.324 e. The van der Waals surface area contributed by atoms with E-state index in [0.29, 0.717) is 11.0 Å². The van der Waals surface area contributed by atoms with Crippen LogP contribution < -0.4 is 14.8 Å². The lowest BCUT2D eigenvalue weighted by molar-refractivity contribution is 0.341. The minimum atomic E-state index is -0.0227. The molecule has 6 nitrogen and oxygen atoms in total. The molecule has 0 aliphatic rings. The highest BCUT2D eigenvalue weighted by molar-refractivity contribution is 6.30. The number of hydrogen-bond acceptors (Lipinski definition) is 6. The monoisotopic (exact) mass is 294 g/mol. The third-order valence-electron chi connectivity index (χ3n) is 2.65. The molecule has 0 saturated carbocycles. The second-order valence-corrected chi connectivity index (χ2v) is 4.49. The van der Waals surface area contributed by atoms with Crippen LogP contribution in [0.25, 0.3) is 0 Å². The summed E-state index contributed by atoms with van der Waals surface area (Å²) in [7, 11) is 2.97. The maximum absolute atomic E-state index is 5.98. The fourth-order valence-corrected chi connectivity index (χ4v) is 1.84. The molecule has 1 unspecified atom stereocenters. The molecule has 106 valence electrons. The van der Waals surface area contributed by atoms with Crippen molar-refractivity contribution in [3.63, 3.8) is 0 Å². The number of halogens is 1. The minimum absolute atomic E-state index is 0.0227. The van der Waals surface area contributed by atoms with Gasteiger partial charge in [0.05, 0.1) is 20.3 Å². The summed E-state index contributed by atoms with van der Waals surface area (Å²) in [6.45, 7) is 1.98. The summed E-state index contributed by atoms with van der Waals surface area (Å²) in [5.41, 5.74) is 1.02. The van der Waals surface area contributed by atoms with E-state index in [0.717, 1.165) is 5.56 Å². The highest BCUT2D eigenvalue weighted by Gasteiger charge is 2.11. The van der Waals surface area contributed by atoms with Crippen molar-refractivity contribution >= 4 is 17.5 Å². The van der Waals surface area contributed by atoms with Gasteiger partial charge in [-0.2, -0.15) is 9.97 Å². The van der Waals surface area contributed by atoms with Crippen LogP contribution in [0.1, 0.15) is 18.5 Å². The zero-order chi connectivity index (χ0) is 14.5. The van der Waals surface area contributed by atoms with Crippen LogP contribution in [-0.2, 0) is 0 Å². The Kier molecular flexibility index (Phi) is 4.57. The molecule has 20 heavy (non-hydrogen) atoms. The third kappa shape index (κ3) is 3.48. The van der Waals surface area contributed by atoms with Gasteiger partial charge in [0.2, 0.25) is 5.95 Å². The molecule has 0 aliphatic carbocycles. The molecule has 0 spiro atoms. The topological polar surface area (TPSA) is 69.2 Å². The van der Waals surface area contributed by atoms with Crippen LogP contribution in [0.15, 0.2) is 24.3 Å². The number of anilines is 1. The molecular weight excluding hydrogens is 280 g/mol.